The number of ether oxygens (including phenoxy) is 1. The van der Waals surface area contributed by atoms with Crippen LogP contribution in [0.1, 0.15) is 20.1 Å². The Morgan fingerprint density at radius 2 is 2.22 bits per heavy atom. The van der Waals surface area contributed by atoms with Gasteiger partial charge >= 0.3 is 0 Å². The van der Waals surface area contributed by atoms with Gasteiger partial charge in [-0.05, 0) is 0 Å². The van der Waals surface area contributed by atoms with E-state index in [0.29, 0.717) is 0 Å². The Bertz CT molecular complexity index is 940. The maximum absolute atomic E-state index is 12.3. The molecular formula is C15H21N5O6S. The molecule has 0 bridgehead atoms. The van der Waals surface area contributed by atoms with Gasteiger partial charge in [0.2, 0.25) is 11.9 Å². The van der Waals surface area contributed by atoms with Crippen molar-refractivity contribution in [2.24, 2.45) is 5.92 Å². The Morgan fingerprint density at radius 3 is 2.81 bits per heavy atom. The summed E-state index contributed by atoms with van der Waals surface area (Å²) in [7, 11) is -1.50. The van der Waals surface area contributed by atoms with E-state index in [-0.39, 0.29) is 28.9 Å². The molecule has 3 heterocycles. The van der Waals surface area contributed by atoms with E-state index in [9.17, 15) is 24.0 Å². The molecule has 0 aromatic carbocycles. The van der Waals surface area contributed by atoms with Crippen LogP contribution in [0.2, 0.25) is 0 Å². The number of rotatable bonds is 5. The Kier molecular flexibility index (Phi) is 5.42. The first-order chi connectivity index (χ1) is 12.7. The fourth-order valence-electron chi connectivity index (χ4n) is 2.88. The molecule has 4 N–H and O–H groups in total. The van der Waals surface area contributed by atoms with Gasteiger partial charge in [0.1, 0.15) is 17.5 Å². The molecule has 1 saturated heterocycles. The van der Waals surface area contributed by atoms with Gasteiger partial charge in [-0.2, -0.15) is 4.98 Å². The Hall–Kier alpha value is -2.15. The molecule has 2 aromatic rings. The zero-order valence-corrected chi connectivity index (χ0v) is 15.8. The molecule has 27 heavy (non-hydrogen) atoms. The van der Waals surface area contributed by atoms with Gasteiger partial charge < -0.3 is 14.9 Å². The van der Waals surface area contributed by atoms with Crippen LogP contribution < -0.4 is 10.9 Å². The highest BCUT2D eigenvalue weighted by atomic mass is 32.2. The zero-order chi connectivity index (χ0) is 19.9. The molecule has 11 nitrogen and oxygen atoms in total. The summed E-state index contributed by atoms with van der Waals surface area (Å²) in [4.78, 5) is 34.8. The first-order valence-electron chi connectivity index (χ1n) is 8.29. The summed E-state index contributed by atoms with van der Waals surface area (Å²) in [5.74, 6) is -0.704. The molecule has 1 fully saturated rings. The Morgan fingerprint density at radius 1 is 1.52 bits per heavy atom. The molecule has 5 atom stereocenters. The summed E-state index contributed by atoms with van der Waals surface area (Å²) in [6.07, 6.45) is -0.333. The number of carbonyl (C=O) groups is 1. The molecule has 1 unspecified atom stereocenters. The van der Waals surface area contributed by atoms with E-state index in [4.69, 9.17) is 4.74 Å². The lowest BCUT2D eigenvalue weighted by Gasteiger charge is -2.19. The van der Waals surface area contributed by atoms with E-state index in [2.05, 4.69) is 20.3 Å². The number of H-pyrrole nitrogens is 1. The fraction of sp³-hybridized carbons (Fsp3) is 0.600. The number of hydrogen-bond acceptors (Lipinski definition) is 8. The smallest absolute Gasteiger partial charge is 0.280 e. The summed E-state index contributed by atoms with van der Waals surface area (Å²) >= 11 is 0. The van der Waals surface area contributed by atoms with Gasteiger partial charge in [-0.3, -0.25) is 28.7 Å². The second-order valence-electron chi connectivity index (χ2n) is 6.58. The highest BCUT2D eigenvalue weighted by Crippen LogP contribution is 2.34. The van der Waals surface area contributed by atoms with Gasteiger partial charge in [-0.15, -0.1) is 0 Å². The van der Waals surface area contributed by atoms with Gasteiger partial charge in [-0.25, -0.2) is 4.98 Å². The topological polar surface area (TPSA) is 159 Å². The van der Waals surface area contributed by atoms with E-state index in [1.807, 2.05) is 0 Å². The van der Waals surface area contributed by atoms with Crippen molar-refractivity contribution in [1.29, 1.82) is 0 Å². The van der Waals surface area contributed by atoms with Crippen molar-refractivity contribution < 1.29 is 24.0 Å². The van der Waals surface area contributed by atoms with E-state index >= 15 is 0 Å². The third-order valence-corrected chi connectivity index (χ3v) is 5.63. The average Bonchev–Trinajstić information content (AvgIpc) is 3.15. The third kappa shape index (κ3) is 3.52. The third-order valence-electron chi connectivity index (χ3n) is 4.35. The van der Waals surface area contributed by atoms with Crippen LogP contribution >= 0.6 is 0 Å². The van der Waals surface area contributed by atoms with Gasteiger partial charge in [0.05, 0.1) is 12.9 Å². The van der Waals surface area contributed by atoms with Crippen LogP contribution in [0.5, 0.6) is 0 Å². The number of aromatic nitrogens is 4. The number of amides is 1. The predicted molar refractivity (Wildman–Crippen MR) is 96.5 cm³/mol. The number of fused-ring (bicyclic) bond motifs is 1. The number of nitrogens with one attached hydrogen (secondary N) is 2. The van der Waals surface area contributed by atoms with Crippen molar-refractivity contribution in [2.75, 3.05) is 18.2 Å². The zero-order valence-electron chi connectivity index (χ0n) is 14.9. The molecule has 12 heteroatoms. The number of imidazole rings is 1. The fourth-order valence-corrected chi connectivity index (χ4v) is 3.98. The largest absolute Gasteiger partial charge is 0.394 e. The molecule has 0 radical (unpaired) electrons. The summed E-state index contributed by atoms with van der Waals surface area (Å²) in [6, 6.07) is 0. The van der Waals surface area contributed by atoms with Gasteiger partial charge in [0.15, 0.2) is 17.4 Å². The summed E-state index contributed by atoms with van der Waals surface area (Å²) < 4.78 is 19.1. The molecule has 1 aliphatic heterocycles. The van der Waals surface area contributed by atoms with Crippen molar-refractivity contribution in [3.8, 4) is 0 Å². The van der Waals surface area contributed by atoms with Crippen LogP contribution in [0.4, 0.5) is 5.95 Å². The highest BCUT2D eigenvalue weighted by molar-refractivity contribution is 7.85. The maximum atomic E-state index is 12.3. The minimum atomic E-state index is -1.50. The predicted octanol–water partition coefficient (Wildman–Crippen LogP) is -1.29. The van der Waals surface area contributed by atoms with Crippen LogP contribution in [0.25, 0.3) is 11.2 Å². The molecule has 2 aromatic heterocycles. The quantitative estimate of drug-likeness (QED) is 0.483. The summed E-state index contributed by atoms with van der Waals surface area (Å²) in [5, 5.41) is 21.3. The van der Waals surface area contributed by atoms with Crippen LogP contribution in [0.3, 0.4) is 0 Å². The lowest BCUT2D eigenvalue weighted by molar-refractivity contribution is -0.118. The van der Waals surface area contributed by atoms with Crippen LogP contribution in [0.15, 0.2) is 11.1 Å². The van der Waals surface area contributed by atoms with Crippen LogP contribution in [0, 0.1) is 5.92 Å². The van der Waals surface area contributed by atoms with Crippen LogP contribution in [-0.2, 0) is 20.3 Å². The van der Waals surface area contributed by atoms with Gasteiger partial charge in [0, 0.05) is 23.0 Å². The van der Waals surface area contributed by atoms with Gasteiger partial charge in [0.25, 0.3) is 5.56 Å². The van der Waals surface area contributed by atoms with Crippen molar-refractivity contribution in [3.63, 3.8) is 0 Å². The number of carbonyl (C=O) groups excluding carboxylic acids is 1. The Labute approximate surface area is 156 Å². The van der Waals surface area contributed by atoms with Crippen LogP contribution in [-0.4, -0.2) is 70.2 Å². The van der Waals surface area contributed by atoms with E-state index < -0.39 is 46.7 Å². The molecule has 148 valence electrons. The monoisotopic (exact) mass is 399 g/mol. The van der Waals surface area contributed by atoms with Crippen molar-refractivity contribution >= 4 is 33.8 Å². The average molecular weight is 399 g/mol. The van der Waals surface area contributed by atoms with E-state index in [0.717, 1.165) is 0 Å². The summed E-state index contributed by atoms with van der Waals surface area (Å²) in [5.41, 5.74) is -0.461. The van der Waals surface area contributed by atoms with Crippen molar-refractivity contribution in [1.82, 2.24) is 19.5 Å². The normalized spacial score (nSPS) is 26.6. The number of nitrogens with zero attached hydrogens (tertiary/aromatic N) is 3. The first kappa shape index (κ1) is 19.6. The minimum Gasteiger partial charge on any atom is -0.394 e. The molecular weight excluding hydrogens is 378 g/mol. The lowest BCUT2D eigenvalue weighted by Crippen LogP contribution is -2.36. The SMILES string of the molecule is CC(C)C(=O)Nc1nc2c(ncn2[C@@H]2O[C@H](CO)[C@@H](O)[C@H]2S(C)=O)c(=O)[nH]1. The van der Waals surface area contributed by atoms with Crippen molar-refractivity contribution in [3.05, 3.63) is 16.7 Å². The molecule has 0 spiro atoms. The number of aliphatic hydroxyl groups is 2. The minimum absolute atomic E-state index is 0.00344. The van der Waals surface area contributed by atoms with E-state index in [1.165, 1.54) is 17.2 Å². The van der Waals surface area contributed by atoms with Gasteiger partial charge in [-0.1, -0.05) is 13.8 Å². The lowest BCUT2D eigenvalue weighted by atomic mass is 10.2. The highest BCUT2D eigenvalue weighted by Gasteiger charge is 2.47. The second kappa shape index (κ2) is 7.46. The maximum Gasteiger partial charge on any atom is 0.280 e. The van der Waals surface area contributed by atoms with E-state index in [1.54, 1.807) is 13.8 Å². The number of hydrogen-bond donors (Lipinski definition) is 4. The molecule has 0 aliphatic carbocycles. The number of anilines is 1. The first-order valence-corrected chi connectivity index (χ1v) is 9.91. The molecule has 1 aliphatic rings. The number of aromatic amines is 1. The number of aliphatic hydroxyl groups excluding tert-OH is 2. The Balaban J connectivity index is 2.07. The molecule has 1 amide bonds. The molecule has 3 rings (SSSR count). The summed E-state index contributed by atoms with van der Waals surface area (Å²) in [6.45, 7) is 2.93. The second-order valence-corrected chi connectivity index (χ2v) is 8.13. The van der Waals surface area contributed by atoms with Crippen molar-refractivity contribution in [2.45, 2.75) is 37.5 Å². The molecule has 0 saturated carbocycles. The standard InChI is InChI=1S/C15H21N5O6S/c1-6(2)12(23)18-15-17-11-8(13(24)19-15)16-5-20(11)14-10(27(3)25)9(22)7(4-21)26-14/h5-7,9-10,14,21-22H,4H2,1-3H3,(H2,17,18,19,23,24)/t7-,9-,10-,14-,27?/m1/s1.